The number of unbranched alkanes of at least 4 members (excludes halogenated alkanes) is 7. The molecule has 3 atom stereocenters. The molecule has 0 aromatic heterocycles. The molecule has 0 fully saturated rings. The molecule has 0 aromatic rings. The minimum atomic E-state index is -1.09. The lowest BCUT2D eigenvalue weighted by Gasteiger charge is -2.50. The second-order valence-corrected chi connectivity index (χ2v) is 9.48. The molecule has 0 heterocycles. The maximum absolute atomic E-state index is 12.5. The highest BCUT2D eigenvalue weighted by Gasteiger charge is 2.56. The third-order valence-corrected chi connectivity index (χ3v) is 6.93. The molecule has 0 saturated carbocycles. The van der Waals surface area contributed by atoms with Gasteiger partial charge in [-0.2, -0.15) is 0 Å². The molecule has 7 heteroatoms. The maximum Gasteiger partial charge on any atom is 0.362 e. The molecule has 198 valence electrons. The molecule has 0 aromatic carbocycles. The third-order valence-electron chi connectivity index (χ3n) is 6.93. The van der Waals surface area contributed by atoms with Gasteiger partial charge in [0, 0.05) is 19.3 Å². The van der Waals surface area contributed by atoms with Gasteiger partial charge in [-0.15, -0.1) is 0 Å². The molecule has 3 N–H and O–H groups in total. The molecule has 0 aliphatic rings. The lowest BCUT2D eigenvalue weighted by molar-refractivity contribution is -0.973. The van der Waals surface area contributed by atoms with Crippen molar-refractivity contribution in [2.75, 3.05) is 6.54 Å². The molecule has 0 spiro atoms. The largest absolute Gasteiger partial charge is 0.477 e. The Morgan fingerprint density at radius 3 is 1.32 bits per heavy atom. The van der Waals surface area contributed by atoms with Crippen molar-refractivity contribution < 1.29 is 34.2 Å². The first-order valence-electron chi connectivity index (χ1n) is 13.4. The summed E-state index contributed by atoms with van der Waals surface area (Å²) in [6.45, 7) is 7.90. The zero-order valence-corrected chi connectivity index (χ0v) is 22.0. The number of aliphatic carboxylic acids is 3. The molecule has 0 radical (unpaired) electrons. The van der Waals surface area contributed by atoms with E-state index in [1.807, 2.05) is 27.7 Å². The third kappa shape index (κ3) is 10.2. The molecule has 34 heavy (non-hydrogen) atoms. The number of carbonyl (C=O) groups is 3. The van der Waals surface area contributed by atoms with Crippen molar-refractivity contribution in [3.63, 3.8) is 0 Å². The normalized spacial score (nSPS) is 16.1. The van der Waals surface area contributed by atoms with Gasteiger partial charge in [0.1, 0.15) is 0 Å². The number of rotatable bonds is 22. The van der Waals surface area contributed by atoms with E-state index in [0.717, 1.165) is 32.1 Å². The summed E-state index contributed by atoms with van der Waals surface area (Å²) in [5.41, 5.74) is 0. The van der Waals surface area contributed by atoms with Crippen LogP contribution in [0.2, 0.25) is 0 Å². The molecule has 0 saturated heterocycles. The van der Waals surface area contributed by atoms with Crippen LogP contribution in [0.15, 0.2) is 12.2 Å². The average molecular weight is 485 g/mol. The van der Waals surface area contributed by atoms with Crippen LogP contribution in [-0.2, 0) is 14.4 Å². The highest BCUT2D eigenvalue weighted by molar-refractivity contribution is 5.78. The predicted molar refractivity (Wildman–Crippen MR) is 136 cm³/mol. The number of hydrogen-bond acceptors (Lipinski definition) is 3. The number of nitrogens with zero attached hydrogens (tertiary/aromatic N) is 1. The topological polar surface area (TPSA) is 112 Å². The van der Waals surface area contributed by atoms with E-state index in [1.54, 1.807) is 0 Å². The van der Waals surface area contributed by atoms with Crippen LogP contribution >= 0.6 is 0 Å². The monoisotopic (exact) mass is 484 g/mol. The van der Waals surface area contributed by atoms with E-state index in [9.17, 15) is 29.7 Å². The fourth-order valence-electron chi connectivity index (χ4n) is 5.35. The van der Waals surface area contributed by atoms with Gasteiger partial charge in [-0.25, -0.2) is 14.4 Å². The molecule has 0 aliphatic heterocycles. The molecular weight excluding hydrogens is 434 g/mol. The summed E-state index contributed by atoms with van der Waals surface area (Å²) in [4.78, 5) is 37.4. The Kier molecular flexibility index (Phi) is 17.4. The Labute approximate surface area is 206 Å². The molecule has 0 aliphatic carbocycles. The molecule has 3 unspecified atom stereocenters. The van der Waals surface area contributed by atoms with Crippen molar-refractivity contribution in [1.29, 1.82) is 0 Å². The average Bonchev–Trinajstić information content (AvgIpc) is 2.78. The lowest BCUT2D eigenvalue weighted by Crippen LogP contribution is -2.72. The molecule has 0 bridgehead atoms. The van der Waals surface area contributed by atoms with E-state index in [2.05, 4.69) is 12.2 Å². The van der Waals surface area contributed by atoms with Crippen LogP contribution in [0.25, 0.3) is 0 Å². The van der Waals surface area contributed by atoms with Crippen molar-refractivity contribution in [2.45, 2.75) is 136 Å². The Morgan fingerprint density at radius 1 is 0.647 bits per heavy atom. The Balaban J connectivity index is 5.83. The van der Waals surface area contributed by atoms with Crippen molar-refractivity contribution in [2.24, 2.45) is 0 Å². The lowest BCUT2D eigenvalue weighted by atomic mass is 9.91. The Hall–Kier alpha value is -1.89. The first-order chi connectivity index (χ1) is 16.2. The van der Waals surface area contributed by atoms with Crippen LogP contribution in [0.5, 0.6) is 0 Å². The summed E-state index contributed by atoms with van der Waals surface area (Å²) in [6, 6.07) is -3.13. The van der Waals surface area contributed by atoms with E-state index >= 15 is 0 Å². The molecule has 7 nitrogen and oxygen atoms in total. The quantitative estimate of drug-likeness (QED) is 0.0950. The van der Waals surface area contributed by atoms with Crippen LogP contribution < -0.4 is 0 Å². The summed E-state index contributed by atoms with van der Waals surface area (Å²) >= 11 is 0. The van der Waals surface area contributed by atoms with Gasteiger partial charge in [0.25, 0.3) is 0 Å². The van der Waals surface area contributed by atoms with Gasteiger partial charge in [0.15, 0.2) is 18.1 Å². The van der Waals surface area contributed by atoms with E-state index in [0.29, 0.717) is 25.7 Å². The summed E-state index contributed by atoms with van der Waals surface area (Å²) in [5.74, 6) is -3.27. The zero-order valence-electron chi connectivity index (χ0n) is 22.0. The van der Waals surface area contributed by atoms with Crippen LogP contribution in [-0.4, -0.2) is 62.4 Å². The van der Waals surface area contributed by atoms with Crippen LogP contribution in [0.4, 0.5) is 0 Å². The van der Waals surface area contributed by atoms with Gasteiger partial charge in [0.05, 0.1) is 6.54 Å². The zero-order chi connectivity index (χ0) is 26.0. The second-order valence-electron chi connectivity index (χ2n) is 9.48. The first kappa shape index (κ1) is 32.1. The van der Waals surface area contributed by atoms with Gasteiger partial charge >= 0.3 is 17.9 Å². The van der Waals surface area contributed by atoms with Gasteiger partial charge < -0.3 is 15.3 Å². The smallest absolute Gasteiger partial charge is 0.362 e. The van der Waals surface area contributed by atoms with E-state index in [1.165, 1.54) is 12.8 Å². The Bertz CT molecular complexity index is 558. The molecule has 0 amide bonds. The van der Waals surface area contributed by atoms with Gasteiger partial charge in [-0.05, 0) is 51.9 Å². The number of hydrogen-bond donors (Lipinski definition) is 3. The van der Waals surface area contributed by atoms with Gasteiger partial charge in [-0.3, -0.25) is 4.48 Å². The van der Waals surface area contributed by atoms with Crippen LogP contribution in [0.1, 0.15) is 118 Å². The minimum absolute atomic E-state index is 0.266. The highest BCUT2D eigenvalue weighted by Crippen LogP contribution is 2.34. The fraction of sp³-hybridized carbons (Fsp3) is 0.815. The standard InChI is InChI=1S/C27H49NO6/c1-5-9-10-11-12-13-14-15-16-17-21-28(22(18-6-2)25(29)30,23(19-7-3)26(31)32)24(20-8-4)27(33)34/h5,9,22-24H,6-8,10-21H2,1-4H3,(H2-,29,30,31,32,33,34)/p+1/b9-5+. The van der Waals surface area contributed by atoms with Crippen LogP contribution in [0.3, 0.4) is 0 Å². The summed E-state index contributed by atoms with van der Waals surface area (Å²) in [6.07, 6.45) is 14.9. The fourth-order valence-corrected chi connectivity index (χ4v) is 5.35. The first-order valence-corrected chi connectivity index (χ1v) is 13.4. The maximum atomic E-state index is 12.5. The van der Waals surface area contributed by atoms with E-state index in [4.69, 9.17) is 0 Å². The van der Waals surface area contributed by atoms with Gasteiger partial charge in [0.2, 0.25) is 0 Å². The Morgan fingerprint density at radius 2 is 1.00 bits per heavy atom. The summed E-state index contributed by atoms with van der Waals surface area (Å²) < 4.78 is -0.376. The number of carboxylic acids is 3. The van der Waals surface area contributed by atoms with Crippen molar-refractivity contribution in [1.82, 2.24) is 0 Å². The SMILES string of the molecule is C/C=C/CCCCCCCCC[N+](C(CCC)C(=O)O)(C(CCC)C(=O)O)C(CCC)C(=O)O. The van der Waals surface area contributed by atoms with Crippen LogP contribution in [0, 0.1) is 0 Å². The number of allylic oxidation sites excluding steroid dienone is 2. The molecular formula is C27H50NO6+. The van der Waals surface area contributed by atoms with Crippen molar-refractivity contribution in [3.05, 3.63) is 12.2 Å². The van der Waals surface area contributed by atoms with Crippen molar-refractivity contribution in [3.8, 4) is 0 Å². The minimum Gasteiger partial charge on any atom is -0.477 e. The van der Waals surface area contributed by atoms with E-state index < -0.39 is 36.0 Å². The highest BCUT2D eigenvalue weighted by atomic mass is 16.4. The molecule has 0 rings (SSSR count). The summed E-state index contributed by atoms with van der Waals surface area (Å²) in [5, 5.41) is 30.6. The second kappa shape index (κ2) is 18.4. The van der Waals surface area contributed by atoms with E-state index in [-0.39, 0.29) is 30.3 Å². The van der Waals surface area contributed by atoms with Gasteiger partial charge in [-0.1, -0.05) is 58.6 Å². The number of carboxylic acid groups (broad SMARTS) is 3. The van der Waals surface area contributed by atoms with Crippen molar-refractivity contribution >= 4 is 17.9 Å². The summed E-state index contributed by atoms with van der Waals surface area (Å²) in [7, 11) is 0. The predicted octanol–water partition coefficient (Wildman–Crippen LogP) is 6.26. The number of quaternary nitrogens is 1.